The largest absolute Gasteiger partial charge is 0.507 e. The van der Waals surface area contributed by atoms with Gasteiger partial charge in [-0.25, -0.2) is 19.2 Å². The second-order valence-corrected chi connectivity index (χ2v) is 8.49. The van der Waals surface area contributed by atoms with Crippen LogP contribution in [0.3, 0.4) is 0 Å². The summed E-state index contributed by atoms with van der Waals surface area (Å²) in [5, 5.41) is 14.0. The van der Waals surface area contributed by atoms with Gasteiger partial charge in [-0.3, -0.25) is 0 Å². The van der Waals surface area contributed by atoms with Crippen LogP contribution in [0.25, 0.3) is 22.3 Å². The molecule has 1 atom stereocenters. The molecule has 3 aromatic rings. The number of alkyl carbamates (subject to hydrolysis) is 1. The van der Waals surface area contributed by atoms with Crippen molar-refractivity contribution in [1.29, 1.82) is 0 Å². The summed E-state index contributed by atoms with van der Waals surface area (Å²) in [5.74, 6) is 0.251. The van der Waals surface area contributed by atoms with Crippen LogP contribution in [0.2, 0.25) is 0 Å². The molecule has 0 radical (unpaired) electrons. The van der Waals surface area contributed by atoms with Gasteiger partial charge in [-0.05, 0) is 55.5 Å². The van der Waals surface area contributed by atoms with E-state index in [1.54, 1.807) is 7.11 Å². The molecular formula is C25H31FN4O4. The second-order valence-electron chi connectivity index (χ2n) is 8.49. The van der Waals surface area contributed by atoms with Crippen molar-refractivity contribution in [2.75, 3.05) is 44.9 Å². The number of phenols is 1. The van der Waals surface area contributed by atoms with Gasteiger partial charge in [-0.1, -0.05) is 12.1 Å². The van der Waals surface area contributed by atoms with E-state index in [0.29, 0.717) is 31.0 Å². The fourth-order valence-electron chi connectivity index (χ4n) is 4.23. The number of methoxy groups -OCH3 is 1. The standard InChI is InChI=1S/C25H29FN4O4.H2/c1-16-8-9-18-20(13-16)28-23(22-19(26)6-3-7-21(22)31)29-24(18)30-10-4-5-17(15-30)14-27-25(32)34-12-11-33-2;/h3,6-9,13,17,31H,4-5,10-12,14-15H2,1-2H3,(H,27,32);1H/t17-;/m0./s1. The van der Waals surface area contributed by atoms with Crippen LogP contribution < -0.4 is 10.2 Å². The van der Waals surface area contributed by atoms with Gasteiger partial charge in [0.25, 0.3) is 0 Å². The maximum atomic E-state index is 14.6. The summed E-state index contributed by atoms with van der Waals surface area (Å²) in [4.78, 5) is 23.3. The molecule has 0 unspecified atom stereocenters. The number of nitrogens with zero attached hydrogens (tertiary/aromatic N) is 3. The molecule has 1 aliphatic heterocycles. The Kier molecular flexibility index (Phi) is 7.42. The van der Waals surface area contributed by atoms with E-state index in [4.69, 9.17) is 14.5 Å². The molecule has 34 heavy (non-hydrogen) atoms. The van der Waals surface area contributed by atoms with Crippen LogP contribution in [0.1, 0.15) is 19.8 Å². The number of aryl methyl sites for hydroxylation is 1. The Morgan fingerprint density at radius 3 is 2.94 bits per heavy atom. The highest BCUT2D eigenvalue weighted by atomic mass is 19.1. The number of anilines is 1. The highest BCUT2D eigenvalue weighted by Gasteiger charge is 2.25. The van der Waals surface area contributed by atoms with Crippen molar-refractivity contribution in [3.63, 3.8) is 0 Å². The van der Waals surface area contributed by atoms with E-state index in [2.05, 4.69) is 15.2 Å². The lowest BCUT2D eigenvalue weighted by molar-refractivity contribution is 0.0976. The summed E-state index contributed by atoms with van der Waals surface area (Å²) in [6.07, 6.45) is 1.41. The number of phenolic OH excluding ortho intramolecular Hbond substituents is 1. The van der Waals surface area contributed by atoms with Crippen LogP contribution in [0.15, 0.2) is 36.4 Å². The predicted octanol–water partition coefficient (Wildman–Crippen LogP) is 4.28. The van der Waals surface area contributed by atoms with Gasteiger partial charge in [0.2, 0.25) is 0 Å². The van der Waals surface area contributed by atoms with Gasteiger partial charge < -0.3 is 24.8 Å². The number of ether oxygens (including phenoxy) is 2. The van der Waals surface area contributed by atoms with E-state index in [-0.39, 0.29) is 31.1 Å². The number of halogens is 1. The van der Waals surface area contributed by atoms with Crippen molar-refractivity contribution in [1.82, 2.24) is 15.3 Å². The first-order chi connectivity index (χ1) is 16.5. The number of amides is 1. The highest BCUT2D eigenvalue weighted by Crippen LogP contribution is 2.35. The number of carbonyl (C=O) groups excluding carboxylic acids is 1. The van der Waals surface area contributed by atoms with Crippen LogP contribution in [-0.2, 0) is 9.47 Å². The fraction of sp³-hybridized carbons (Fsp3) is 0.400. The minimum absolute atomic E-state index is 0. The lowest BCUT2D eigenvalue weighted by atomic mass is 9.97. The number of rotatable bonds is 7. The summed E-state index contributed by atoms with van der Waals surface area (Å²) in [6, 6.07) is 10.1. The van der Waals surface area contributed by atoms with Gasteiger partial charge in [0.1, 0.15) is 24.0 Å². The summed E-state index contributed by atoms with van der Waals surface area (Å²) >= 11 is 0. The number of piperidine rings is 1. The molecular weight excluding hydrogens is 439 g/mol. The summed E-state index contributed by atoms with van der Waals surface area (Å²) in [7, 11) is 1.55. The molecule has 0 bridgehead atoms. The monoisotopic (exact) mass is 470 g/mol. The van der Waals surface area contributed by atoms with Crippen molar-refractivity contribution in [2.24, 2.45) is 5.92 Å². The molecule has 0 spiro atoms. The molecule has 1 fully saturated rings. The molecule has 0 aliphatic carbocycles. The Hall–Kier alpha value is -3.46. The second kappa shape index (κ2) is 10.6. The number of aromatic nitrogens is 2. The third-order valence-electron chi connectivity index (χ3n) is 5.92. The maximum absolute atomic E-state index is 14.6. The average molecular weight is 471 g/mol. The van der Waals surface area contributed by atoms with Crippen LogP contribution >= 0.6 is 0 Å². The fourth-order valence-corrected chi connectivity index (χ4v) is 4.23. The normalized spacial score (nSPS) is 16.0. The first-order valence-electron chi connectivity index (χ1n) is 11.4. The van der Waals surface area contributed by atoms with E-state index in [1.807, 2.05) is 25.1 Å². The van der Waals surface area contributed by atoms with Gasteiger partial charge in [-0.15, -0.1) is 0 Å². The molecule has 1 saturated heterocycles. The Balaban J connectivity index is 0.00000342. The van der Waals surface area contributed by atoms with Gasteiger partial charge in [0, 0.05) is 33.6 Å². The zero-order valence-corrected chi connectivity index (χ0v) is 19.4. The molecule has 2 heterocycles. The van der Waals surface area contributed by atoms with E-state index in [1.165, 1.54) is 18.2 Å². The Bertz CT molecular complexity index is 1160. The summed E-state index contributed by atoms with van der Waals surface area (Å²) in [6.45, 7) is 4.45. The molecule has 9 heteroatoms. The van der Waals surface area contributed by atoms with Crippen LogP contribution in [0, 0.1) is 18.7 Å². The van der Waals surface area contributed by atoms with Crippen molar-refractivity contribution < 1.29 is 25.2 Å². The van der Waals surface area contributed by atoms with E-state index in [9.17, 15) is 14.3 Å². The quantitative estimate of drug-likeness (QED) is 0.498. The van der Waals surface area contributed by atoms with E-state index >= 15 is 0 Å². The number of hydrogen-bond acceptors (Lipinski definition) is 7. The minimum atomic E-state index is -0.578. The lowest BCUT2D eigenvalue weighted by Gasteiger charge is -2.34. The molecule has 0 saturated carbocycles. The van der Waals surface area contributed by atoms with Crippen molar-refractivity contribution in [3.05, 3.63) is 47.8 Å². The predicted molar refractivity (Wildman–Crippen MR) is 130 cm³/mol. The molecule has 1 amide bonds. The zero-order chi connectivity index (χ0) is 24.1. The molecule has 1 aromatic heterocycles. The Labute approximate surface area is 199 Å². The van der Waals surface area contributed by atoms with Gasteiger partial charge >= 0.3 is 6.09 Å². The molecule has 2 N–H and O–H groups in total. The van der Waals surface area contributed by atoms with Crippen molar-refractivity contribution >= 4 is 22.8 Å². The van der Waals surface area contributed by atoms with Crippen LogP contribution in [-0.4, -0.2) is 61.1 Å². The number of aromatic hydroxyl groups is 1. The third-order valence-corrected chi connectivity index (χ3v) is 5.92. The smallest absolute Gasteiger partial charge is 0.407 e. The highest BCUT2D eigenvalue weighted by molar-refractivity contribution is 5.92. The number of carbonyl (C=O) groups is 1. The Morgan fingerprint density at radius 1 is 1.29 bits per heavy atom. The number of nitrogens with one attached hydrogen (secondary N) is 1. The topological polar surface area (TPSA) is 96.8 Å². The first kappa shape index (κ1) is 23.7. The molecule has 2 aromatic carbocycles. The molecule has 4 rings (SSSR count). The number of fused-ring (bicyclic) bond motifs is 1. The van der Waals surface area contributed by atoms with E-state index < -0.39 is 11.9 Å². The summed E-state index contributed by atoms with van der Waals surface area (Å²) in [5.41, 5.74) is 1.69. The SMILES string of the molecule is COCCOC(=O)NC[C@@H]1CCCN(c2nc(-c3c(O)cccc3F)nc3cc(C)ccc23)C1.[HH]. The first-order valence-corrected chi connectivity index (χ1v) is 11.4. The molecule has 1 aliphatic rings. The number of hydrogen-bond donors (Lipinski definition) is 2. The third kappa shape index (κ3) is 5.36. The van der Waals surface area contributed by atoms with Crippen molar-refractivity contribution in [3.8, 4) is 17.1 Å². The minimum Gasteiger partial charge on any atom is -0.507 e. The summed E-state index contributed by atoms with van der Waals surface area (Å²) < 4.78 is 24.6. The number of benzene rings is 2. The van der Waals surface area contributed by atoms with Gasteiger partial charge in [0.15, 0.2) is 5.82 Å². The van der Waals surface area contributed by atoms with E-state index in [0.717, 1.165) is 30.3 Å². The van der Waals surface area contributed by atoms with Gasteiger partial charge in [0.05, 0.1) is 17.7 Å². The molecule has 182 valence electrons. The lowest BCUT2D eigenvalue weighted by Crippen LogP contribution is -2.41. The van der Waals surface area contributed by atoms with Crippen molar-refractivity contribution in [2.45, 2.75) is 19.8 Å². The van der Waals surface area contributed by atoms with Gasteiger partial charge in [-0.2, -0.15) is 0 Å². The Morgan fingerprint density at radius 2 is 2.15 bits per heavy atom. The average Bonchev–Trinajstić information content (AvgIpc) is 2.82. The zero-order valence-electron chi connectivity index (χ0n) is 19.4. The van der Waals surface area contributed by atoms with Crippen LogP contribution in [0.5, 0.6) is 5.75 Å². The van der Waals surface area contributed by atoms with Crippen LogP contribution in [0.4, 0.5) is 15.0 Å². The maximum Gasteiger partial charge on any atom is 0.407 e. The molecule has 8 nitrogen and oxygen atoms in total.